The van der Waals surface area contributed by atoms with Crippen molar-refractivity contribution >= 4 is 23.3 Å². The van der Waals surface area contributed by atoms with Crippen molar-refractivity contribution in [3.05, 3.63) is 60.0 Å². The van der Waals surface area contributed by atoms with Crippen LogP contribution in [0.25, 0.3) is 23.3 Å². The van der Waals surface area contributed by atoms with Crippen molar-refractivity contribution in [1.29, 1.82) is 0 Å². The topological polar surface area (TPSA) is 30.7 Å². The van der Waals surface area contributed by atoms with E-state index in [0.717, 1.165) is 22.6 Å². The molecule has 0 atom stereocenters. The lowest BCUT2D eigenvalue weighted by molar-refractivity contribution is 0.930. The Morgan fingerprint density at radius 2 is 1.83 bits per heavy atom. The van der Waals surface area contributed by atoms with Gasteiger partial charge in [0.1, 0.15) is 5.82 Å². The number of aryl methyl sites for hydroxylation is 1. The van der Waals surface area contributed by atoms with Crippen molar-refractivity contribution in [3.8, 4) is 0 Å². The van der Waals surface area contributed by atoms with Crippen molar-refractivity contribution in [1.82, 2.24) is 14.5 Å². The fraction of sp³-hybridized carbons (Fsp3) is 0.0667. The zero-order valence-corrected chi connectivity index (χ0v) is 10.1. The van der Waals surface area contributed by atoms with E-state index in [9.17, 15) is 0 Å². The molecule has 0 N–H and O–H groups in total. The Bertz CT molecular complexity index is 696. The van der Waals surface area contributed by atoms with Gasteiger partial charge < -0.3 is 4.57 Å². The lowest BCUT2D eigenvalue weighted by Gasteiger charge is -1.96. The van der Waals surface area contributed by atoms with Crippen LogP contribution in [-0.4, -0.2) is 14.5 Å². The molecule has 3 heteroatoms. The van der Waals surface area contributed by atoms with E-state index in [0.29, 0.717) is 0 Å². The molecule has 0 amide bonds. The highest BCUT2D eigenvalue weighted by atomic mass is 15.1. The maximum Gasteiger partial charge on any atom is 0.178 e. The summed E-state index contributed by atoms with van der Waals surface area (Å²) in [6.07, 6.45) is 5.83. The van der Waals surface area contributed by atoms with Crippen molar-refractivity contribution in [2.24, 2.45) is 7.05 Å². The van der Waals surface area contributed by atoms with Crippen LogP contribution in [0.1, 0.15) is 11.4 Å². The predicted octanol–water partition coefficient (Wildman–Crippen LogP) is 3.14. The maximum atomic E-state index is 4.49. The molecule has 18 heavy (non-hydrogen) atoms. The number of pyridine rings is 1. The summed E-state index contributed by atoms with van der Waals surface area (Å²) in [6, 6.07) is 14.1. The van der Waals surface area contributed by atoms with Gasteiger partial charge in [0.05, 0.1) is 5.52 Å². The van der Waals surface area contributed by atoms with E-state index in [2.05, 4.69) is 28.2 Å². The fourth-order valence-corrected chi connectivity index (χ4v) is 1.93. The van der Waals surface area contributed by atoms with Crippen LogP contribution in [0, 0.1) is 0 Å². The zero-order chi connectivity index (χ0) is 12.4. The molecule has 0 radical (unpaired) electrons. The summed E-state index contributed by atoms with van der Waals surface area (Å²) in [6.45, 7) is 0. The predicted molar refractivity (Wildman–Crippen MR) is 73.9 cm³/mol. The Kier molecular flexibility index (Phi) is 2.65. The third-order valence-electron chi connectivity index (χ3n) is 2.92. The Hall–Kier alpha value is -2.42. The summed E-state index contributed by atoms with van der Waals surface area (Å²) in [5, 5.41) is 0. The molecule has 0 saturated heterocycles. The van der Waals surface area contributed by atoms with Gasteiger partial charge in [-0.05, 0) is 23.8 Å². The molecule has 3 nitrogen and oxygen atoms in total. The highest BCUT2D eigenvalue weighted by molar-refractivity contribution is 5.76. The second kappa shape index (κ2) is 4.45. The minimum Gasteiger partial charge on any atom is -0.326 e. The SMILES string of the molecule is Cn1c(/C=C/c2ccccc2)nc2ncccc21. The van der Waals surface area contributed by atoms with Gasteiger partial charge in [-0.15, -0.1) is 0 Å². The molecule has 3 aromatic rings. The molecule has 0 unspecified atom stereocenters. The minimum atomic E-state index is 0.785. The van der Waals surface area contributed by atoms with Gasteiger partial charge in [-0.3, -0.25) is 0 Å². The number of hydrogen-bond acceptors (Lipinski definition) is 2. The summed E-state index contributed by atoms with van der Waals surface area (Å²) < 4.78 is 2.04. The maximum absolute atomic E-state index is 4.49. The van der Waals surface area contributed by atoms with Crippen LogP contribution in [0.4, 0.5) is 0 Å². The Labute approximate surface area is 105 Å². The Morgan fingerprint density at radius 1 is 1.00 bits per heavy atom. The molecule has 2 heterocycles. The molecule has 1 aromatic carbocycles. The van der Waals surface area contributed by atoms with Gasteiger partial charge in [0.15, 0.2) is 5.65 Å². The number of benzene rings is 1. The Morgan fingerprint density at radius 3 is 2.61 bits per heavy atom. The van der Waals surface area contributed by atoms with Crippen LogP contribution >= 0.6 is 0 Å². The van der Waals surface area contributed by atoms with Gasteiger partial charge in [0.25, 0.3) is 0 Å². The van der Waals surface area contributed by atoms with Gasteiger partial charge in [-0.1, -0.05) is 36.4 Å². The number of aromatic nitrogens is 3. The summed E-state index contributed by atoms with van der Waals surface area (Å²) >= 11 is 0. The van der Waals surface area contributed by atoms with Crippen LogP contribution in [0.3, 0.4) is 0 Å². The number of fused-ring (bicyclic) bond motifs is 1. The highest BCUT2D eigenvalue weighted by Crippen LogP contribution is 2.14. The molecule has 0 aliphatic carbocycles. The second-order valence-electron chi connectivity index (χ2n) is 4.12. The average molecular weight is 235 g/mol. The first-order chi connectivity index (χ1) is 8.84. The number of nitrogens with zero attached hydrogens (tertiary/aromatic N) is 3. The lowest BCUT2D eigenvalue weighted by Crippen LogP contribution is -1.90. The smallest absolute Gasteiger partial charge is 0.178 e. The third kappa shape index (κ3) is 1.91. The van der Waals surface area contributed by atoms with Crippen LogP contribution in [0.5, 0.6) is 0 Å². The van der Waals surface area contributed by atoms with E-state index in [1.165, 1.54) is 0 Å². The molecule has 0 saturated carbocycles. The van der Waals surface area contributed by atoms with E-state index in [-0.39, 0.29) is 0 Å². The van der Waals surface area contributed by atoms with E-state index < -0.39 is 0 Å². The van der Waals surface area contributed by atoms with Gasteiger partial charge >= 0.3 is 0 Å². The molecule has 3 rings (SSSR count). The van der Waals surface area contributed by atoms with Gasteiger partial charge in [-0.25, -0.2) is 9.97 Å². The van der Waals surface area contributed by atoms with Gasteiger partial charge in [-0.2, -0.15) is 0 Å². The van der Waals surface area contributed by atoms with Gasteiger partial charge in [0.2, 0.25) is 0 Å². The van der Waals surface area contributed by atoms with Crippen molar-refractivity contribution in [2.45, 2.75) is 0 Å². The first-order valence-corrected chi connectivity index (χ1v) is 5.85. The average Bonchev–Trinajstić information content (AvgIpc) is 2.75. The minimum absolute atomic E-state index is 0.785. The zero-order valence-electron chi connectivity index (χ0n) is 10.1. The van der Waals surface area contributed by atoms with Crippen LogP contribution in [0.2, 0.25) is 0 Å². The van der Waals surface area contributed by atoms with Crippen LogP contribution < -0.4 is 0 Å². The summed E-state index contributed by atoms with van der Waals surface area (Å²) in [4.78, 5) is 8.74. The summed E-state index contributed by atoms with van der Waals surface area (Å²) in [5.41, 5.74) is 3.00. The first kappa shape index (κ1) is 10.7. The third-order valence-corrected chi connectivity index (χ3v) is 2.92. The van der Waals surface area contributed by atoms with Crippen LogP contribution in [0.15, 0.2) is 48.7 Å². The van der Waals surface area contributed by atoms with Crippen molar-refractivity contribution < 1.29 is 0 Å². The largest absolute Gasteiger partial charge is 0.326 e. The second-order valence-corrected chi connectivity index (χ2v) is 4.12. The molecule has 0 aliphatic rings. The van der Waals surface area contributed by atoms with E-state index in [1.54, 1.807) is 6.20 Å². The highest BCUT2D eigenvalue weighted by Gasteiger charge is 2.04. The van der Waals surface area contributed by atoms with Crippen molar-refractivity contribution in [2.75, 3.05) is 0 Å². The number of rotatable bonds is 2. The molecule has 0 spiro atoms. The standard InChI is InChI=1S/C15H13N3/c1-18-13-8-5-11-16-15(13)17-14(18)10-9-12-6-3-2-4-7-12/h2-11H,1H3/b10-9+. The van der Waals surface area contributed by atoms with E-state index in [4.69, 9.17) is 0 Å². The quantitative estimate of drug-likeness (QED) is 0.683. The monoisotopic (exact) mass is 235 g/mol. The molecule has 0 fully saturated rings. The number of hydrogen-bond donors (Lipinski definition) is 0. The van der Waals surface area contributed by atoms with Crippen molar-refractivity contribution in [3.63, 3.8) is 0 Å². The van der Waals surface area contributed by atoms with Crippen LogP contribution in [-0.2, 0) is 7.05 Å². The van der Waals surface area contributed by atoms with E-state index in [1.807, 2.05) is 48.0 Å². The summed E-state index contributed by atoms with van der Waals surface area (Å²) in [5.74, 6) is 0.910. The first-order valence-electron chi connectivity index (χ1n) is 5.85. The summed E-state index contributed by atoms with van der Waals surface area (Å²) in [7, 11) is 2.00. The van der Waals surface area contributed by atoms with E-state index >= 15 is 0 Å². The lowest BCUT2D eigenvalue weighted by atomic mass is 10.2. The molecular weight excluding hydrogens is 222 g/mol. The molecule has 88 valence electrons. The fourth-order valence-electron chi connectivity index (χ4n) is 1.93. The Balaban J connectivity index is 2.00. The molecule has 0 aliphatic heterocycles. The molecule has 2 aromatic heterocycles. The molecule has 0 bridgehead atoms. The molecular formula is C15H13N3. The normalized spacial score (nSPS) is 11.4. The van der Waals surface area contributed by atoms with Gasteiger partial charge in [0, 0.05) is 13.2 Å². The number of imidazole rings is 1.